The first kappa shape index (κ1) is 22.2. The van der Waals surface area contributed by atoms with Gasteiger partial charge in [-0.3, -0.25) is 14.9 Å². The van der Waals surface area contributed by atoms with Gasteiger partial charge in [-0.05, 0) is 36.4 Å². The molecule has 0 fully saturated rings. The third-order valence-electron chi connectivity index (χ3n) is 3.59. The first-order chi connectivity index (χ1) is 13.1. The molecule has 2 aromatic rings. The van der Waals surface area contributed by atoms with Crippen LogP contribution in [0.15, 0.2) is 48.5 Å². The van der Waals surface area contributed by atoms with E-state index in [1.54, 1.807) is 24.3 Å². The maximum atomic E-state index is 12.4. The van der Waals surface area contributed by atoms with Gasteiger partial charge < -0.3 is 10.6 Å². The highest BCUT2D eigenvalue weighted by molar-refractivity contribution is 6.68. The molecule has 0 aliphatic rings. The Labute approximate surface area is 180 Å². The highest BCUT2D eigenvalue weighted by atomic mass is 35.6. The fourth-order valence-electron chi connectivity index (χ4n) is 2.18. The fraction of sp³-hybridized carbons (Fsp3) is 0.176. The minimum atomic E-state index is -1.96. The van der Waals surface area contributed by atoms with Gasteiger partial charge in [0, 0.05) is 34.8 Å². The number of ketones is 1. The van der Waals surface area contributed by atoms with E-state index in [2.05, 4.69) is 10.6 Å². The number of nitrogens with zero attached hydrogens (tertiary/aromatic N) is 1. The molecule has 1 unspecified atom stereocenters. The van der Waals surface area contributed by atoms with Crippen LogP contribution in [0, 0.1) is 10.1 Å². The Kier molecular flexibility index (Phi) is 7.48. The summed E-state index contributed by atoms with van der Waals surface area (Å²) >= 11 is 23.5. The van der Waals surface area contributed by atoms with E-state index in [1.807, 2.05) is 0 Å². The van der Waals surface area contributed by atoms with E-state index in [9.17, 15) is 19.7 Å². The van der Waals surface area contributed by atoms with E-state index in [0.29, 0.717) is 10.7 Å². The number of carbonyl (C=O) groups excluding carboxylic acids is 2. The monoisotopic (exact) mass is 463 g/mol. The van der Waals surface area contributed by atoms with Crippen molar-refractivity contribution in [1.29, 1.82) is 0 Å². The molecular weight excluding hydrogens is 452 g/mol. The second-order valence-electron chi connectivity index (χ2n) is 5.63. The van der Waals surface area contributed by atoms with E-state index in [0.717, 1.165) is 0 Å². The number of rotatable bonds is 6. The predicted octanol–water partition coefficient (Wildman–Crippen LogP) is 5.38. The number of anilines is 1. The average Bonchev–Trinajstić information content (AvgIpc) is 2.62. The number of non-ortho nitro benzene ring substituents is 1. The molecule has 148 valence electrons. The van der Waals surface area contributed by atoms with Gasteiger partial charge in [0.15, 0.2) is 5.78 Å². The topological polar surface area (TPSA) is 101 Å². The summed E-state index contributed by atoms with van der Waals surface area (Å²) < 4.78 is -1.96. The lowest BCUT2D eigenvalue weighted by Gasteiger charge is -2.25. The zero-order valence-corrected chi connectivity index (χ0v) is 17.0. The number of benzene rings is 2. The maximum absolute atomic E-state index is 12.4. The van der Waals surface area contributed by atoms with E-state index >= 15 is 0 Å². The van der Waals surface area contributed by atoms with Crippen LogP contribution < -0.4 is 10.6 Å². The lowest BCUT2D eigenvalue weighted by atomic mass is 10.0. The van der Waals surface area contributed by atoms with Gasteiger partial charge in [0.05, 0.1) is 11.0 Å². The smallest absolute Gasteiger partial charge is 0.319 e. The number of nitrogens with one attached hydrogen (secondary N) is 2. The van der Waals surface area contributed by atoms with Gasteiger partial charge in [-0.1, -0.05) is 46.4 Å². The molecule has 2 amide bonds. The normalized spacial score (nSPS) is 12.1. The van der Waals surface area contributed by atoms with Crippen molar-refractivity contribution in [3.05, 3.63) is 69.2 Å². The molecule has 11 heteroatoms. The maximum Gasteiger partial charge on any atom is 0.319 e. The van der Waals surface area contributed by atoms with E-state index < -0.39 is 26.6 Å². The second kappa shape index (κ2) is 9.43. The number of alkyl halides is 3. The van der Waals surface area contributed by atoms with Crippen LogP contribution in [0.3, 0.4) is 0 Å². The van der Waals surface area contributed by atoms with Gasteiger partial charge in [-0.2, -0.15) is 0 Å². The molecule has 1 atom stereocenters. The van der Waals surface area contributed by atoms with Gasteiger partial charge in [-0.25, -0.2) is 4.79 Å². The van der Waals surface area contributed by atoms with Crippen LogP contribution in [-0.4, -0.2) is 26.6 Å². The Balaban J connectivity index is 2.06. The average molecular weight is 465 g/mol. The fourth-order valence-corrected chi connectivity index (χ4v) is 2.70. The molecule has 0 heterocycles. The molecule has 2 aromatic carbocycles. The van der Waals surface area contributed by atoms with Crippen LogP contribution in [0.5, 0.6) is 0 Å². The highest BCUT2D eigenvalue weighted by Crippen LogP contribution is 2.33. The summed E-state index contributed by atoms with van der Waals surface area (Å²) in [6, 6.07) is 9.47. The summed E-state index contributed by atoms with van der Waals surface area (Å²) in [5.74, 6) is -0.460. The number of amides is 2. The number of urea groups is 1. The molecule has 0 radical (unpaired) electrons. The Hall–Kier alpha value is -2.06. The second-order valence-corrected chi connectivity index (χ2v) is 8.44. The number of hydrogen-bond acceptors (Lipinski definition) is 4. The molecule has 2 rings (SSSR count). The number of carbonyl (C=O) groups is 2. The summed E-state index contributed by atoms with van der Waals surface area (Å²) in [5, 5.41) is 16.2. The van der Waals surface area contributed by atoms with Crippen molar-refractivity contribution in [3.8, 4) is 0 Å². The van der Waals surface area contributed by atoms with E-state index in [-0.39, 0.29) is 17.7 Å². The van der Waals surface area contributed by atoms with Crippen LogP contribution in [0.1, 0.15) is 16.8 Å². The molecular formula is C17H13Cl4N3O4. The zero-order chi connectivity index (χ0) is 20.9. The highest BCUT2D eigenvalue weighted by Gasteiger charge is 2.35. The van der Waals surface area contributed by atoms with E-state index in [4.69, 9.17) is 46.4 Å². The summed E-state index contributed by atoms with van der Waals surface area (Å²) in [6.07, 6.45) is -0.331. The van der Waals surface area contributed by atoms with Crippen molar-refractivity contribution < 1.29 is 14.5 Å². The van der Waals surface area contributed by atoms with Crippen molar-refractivity contribution in [2.24, 2.45) is 0 Å². The SMILES string of the molecule is O=C(Nc1ccc(Cl)cc1)NC(CC(=O)c1ccc([N+](=O)[O-])cc1)C(Cl)(Cl)Cl. The third-order valence-corrected chi connectivity index (χ3v) is 4.63. The quantitative estimate of drug-likeness (QED) is 0.259. The molecule has 0 saturated carbocycles. The van der Waals surface area contributed by atoms with Crippen molar-refractivity contribution >= 4 is 69.6 Å². The van der Waals surface area contributed by atoms with Crippen molar-refractivity contribution in [2.75, 3.05) is 5.32 Å². The van der Waals surface area contributed by atoms with Crippen LogP contribution in [0.2, 0.25) is 5.02 Å². The Morgan fingerprint density at radius 3 is 2.11 bits per heavy atom. The molecule has 7 nitrogen and oxygen atoms in total. The van der Waals surface area contributed by atoms with E-state index in [1.165, 1.54) is 24.3 Å². The summed E-state index contributed by atoms with van der Waals surface area (Å²) in [7, 11) is 0. The number of hydrogen-bond donors (Lipinski definition) is 2. The number of halogens is 4. The molecule has 0 bridgehead atoms. The number of nitro benzene ring substituents is 1. The zero-order valence-electron chi connectivity index (χ0n) is 14.0. The standard InChI is InChI=1S/C17H13Cl4N3O4/c18-11-3-5-12(6-4-11)22-16(26)23-15(17(19,20)21)9-14(25)10-1-7-13(8-2-10)24(27)28/h1-8,15H,9H2,(H2,22,23,26). The third kappa shape index (κ3) is 6.53. The lowest BCUT2D eigenvalue weighted by Crippen LogP contribution is -2.46. The summed E-state index contributed by atoms with van der Waals surface area (Å²) in [5.41, 5.74) is 0.478. The van der Waals surface area contributed by atoms with Crippen molar-refractivity contribution in [2.45, 2.75) is 16.3 Å². The number of nitro groups is 1. The Bertz CT molecular complexity index is 867. The van der Waals surface area contributed by atoms with Crippen LogP contribution in [0.4, 0.5) is 16.2 Å². The molecule has 0 aliphatic carbocycles. The van der Waals surface area contributed by atoms with Crippen molar-refractivity contribution in [3.63, 3.8) is 0 Å². The van der Waals surface area contributed by atoms with Crippen LogP contribution >= 0.6 is 46.4 Å². The van der Waals surface area contributed by atoms with Crippen LogP contribution in [0.25, 0.3) is 0 Å². The Morgan fingerprint density at radius 2 is 1.61 bits per heavy atom. The Morgan fingerprint density at radius 1 is 1.04 bits per heavy atom. The molecule has 0 spiro atoms. The van der Waals surface area contributed by atoms with Gasteiger partial charge in [0.1, 0.15) is 0 Å². The van der Waals surface area contributed by atoms with Gasteiger partial charge in [0.25, 0.3) is 5.69 Å². The van der Waals surface area contributed by atoms with Crippen molar-refractivity contribution in [1.82, 2.24) is 5.32 Å². The van der Waals surface area contributed by atoms with Gasteiger partial charge >= 0.3 is 6.03 Å². The van der Waals surface area contributed by atoms with Gasteiger partial charge in [0.2, 0.25) is 3.79 Å². The minimum Gasteiger partial charge on any atom is -0.330 e. The van der Waals surface area contributed by atoms with Crippen LogP contribution in [-0.2, 0) is 0 Å². The predicted molar refractivity (Wildman–Crippen MR) is 110 cm³/mol. The molecule has 28 heavy (non-hydrogen) atoms. The molecule has 0 saturated heterocycles. The summed E-state index contributed by atoms with van der Waals surface area (Å²) in [4.78, 5) is 34.7. The van der Waals surface area contributed by atoms with Gasteiger partial charge in [-0.15, -0.1) is 0 Å². The minimum absolute atomic E-state index is 0.157. The summed E-state index contributed by atoms with van der Waals surface area (Å²) in [6.45, 7) is 0. The lowest BCUT2D eigenvalue weighted by molar-refractivity contribution is -0.384. The first-order valence-corrected chi connectivity index (χ1v) is 9.25. The molecule has 0 aromatic heterocycles. The number of Topliss-reactive ketones (excluding diaryl/α,β-unsaturated/α-hetero) is 1. The molecule has 0 aliphatic heterocycles. The molecule has 2 N–H and O–H groups in total. The first-order valence-electron chi connectivity index (χ1n) is 7.73. The largest absolute Gasteiger partial charge is 0.330 e.